The highest BCUT2D eigenvalue weighted by Gasteiger charge is 2.47. The van der Waals surface area contributed by atoms with Crippen LogP contribution in [0.3, 0.4) is 0 Å². The van der Waals surface area contributed by atoms with Gasteiger partial charge < -0.3 is 63.0 Å². The van der Waals surface area contributed by atoms with Gasteiger partial charge in [-0.25, -0.2) is 19.9 Å². The van der Waals surface area contributed by atoms with Crippen molar-refractivity contribution in [3.05, 3.63) is 281 Å². The Balaban J connectivity index is 0.000000158. The van der Waals surface area contributed by atoms with Gasteiger partial charge in [0.15, 0.2) is 0 Å². The van der Waals surface area contributed by atoms with Crippen LogP contribution in [0.15, 0.2) is 227 Å². The molecule has 7 aromatic carbocycles. The summed E-state index contributed by atoms with van der Waals surface area (Å²) in [6, 6.07) is 63.8. The molecule has 1 unspecified atom stereocenters. The van der Waals surface area contributed by atoms with Gasteiger partial charge >= 0.3 is 0 Å². The zero-order valence-corrected chi connectivity index (χ0v) is 88.6. The first-order chi connectivity index (χ1) is 67.3. The molecule has 4 saturated heterocycles. The number of rotatable bonds is 28. The van der Waals surface area contributed by atoms with Crippen molar-refractivity contribution in [1.82, 2.24) is 71.4 Å². The standard InChI is InChI=1S/C30H38N4O2S.C29H36N4O2S.C28H34N4O2S.C25H32N4O2S2/c1-20(31-5)27(35)33-26(30(2,3)4)29(36)34-18-12-17-24(34)28-32-23(19-37-28)25(21-13-8-6-9-14-21)22-15-10-7-11-16-22;1-19(30-5)26(34)32-25(29(2,3)4)28(35)33-17-11-16-24(33)27-31-23(18-36-27)22-15-10-9-14-21(22)20-12-7-6-8-13-20;1-18(2)25(31-26(33)19(3)29)28(34)32-16-10-15-23(32)27-30-22(17-35-27)24(20-11-6-4-7-12-20)21-13-8-5-9-14-21;1-14-10-11-29(24(31)21(25(3,4)5)28-22(30)15(2)26)20(14)23-27-18(13-33-23)17-12-32-19-9-7-6-8-16(17)19/h6-11,13-16,19-20,24-26,31H,12,17-18H2,1-5H3,(H,33,35);6-10,12-15,18-19,24-25,30H,11,16-17H2,1-5H3,(H,32,34);4-9,11-14,17-19,23-25H,10,15-16,29H2,1-3H3,(H,31,33);6-9,12-15,20-21H,10-11,26H2,1-5H3,(H,28,30)/t20-,24?,26+;19-,24-,25+;19-,23-,25-;14-,15-,20-,21+/m0010/s1. The van der Waals surface area contributed by atoms with E-state index in [2.05, 4.69) is 211 Å². The largest absolute Gasteiger partial charge is 0.343 e. The van der Waals surface area contributed by atoms with Crippen molar-refractivity contribution in [3.63, 3.8) is 0 Å². The molecule has 0 bridgehead atoms. The van der Waals surface area contributed by atoms with E-state index in [1.54, 1.807) is 98.5 Å². The van der Waals surface area contributed by atoms with Crippen LogP contribution in [0.2, 0.25) is 0 Å². The summed E-state index contributed by atoms with van der Waals surface area (Å²) in [5, 5.41) is 33.3. The number of likely N-dealkylation sites (N-methyl/N-ethyl adjacent to an activating group) is 2. The average Bonchev–Trinajstić information content (AvgIpc) is 1.50. The summed E-state index contributed by atoms with van der Waals surface area (Å²) in [5.74, 6) is -0.855. The maximum absolute atomic E-state index is 13.9. The Hall–Kier alpha value is -11.4. The average molecular weight is 2000 g/mol. The Morgan fingerprint density at radius 2 is 0.709 bits per heavy atom. The minimum atomic E-state index is -0.669. The maximum Gasteiger partial charge on any atom is 0.246 e. The van der Waals surface area contributed by atoms with Crippen molar-refractivity contribution >= 4 is 114 Å². The molecule has 0 spiro atoms. The molecule has 746 valence electrons. The molecule has 0 saturated carbocycles. The van der Waals surface area contributed by atoms with Crippen LogP contribution in [-0.4, -0.2) is 175 Å². The second kappa shape index (κ2) is 48.1. The summed E-state index contributed by atoms with van der Waals surface area (Å²) >= 11 is 8.17. The van der Waals surface area contributed by atoms with E-state index in [4.69, 9.17) is 31.4 Å². The molecule has 16 rings (SSSR count). The lowest BCUT2D eigenvalue weighted by Crippen LogP contribution is -2.57. The number of benzene rings is 7. The summed E-state index contributed by atoms with van der Waals surface area (Å²) in [6.45, 7) is 33.4. The minimum Gasteiger partial charge on any atom is -0.343 e. The number of hydrogen-bond acceptors (Lipinski definition) is 21. The molecule has 4 aliphatic rings. The Labute approximate surface area is 852 Å². The van der Waals surface area contributed by atoms with Crippen LogP contribution in [-0.2, 0) is 38.4 Å². The van der Waals surface area contributed by atoms with Crippen LogP contribution in [0.4, 0.5) is 0 Å². The molecule has 10 N–H and O–H groups in total. The molecular formula is C112H140N16O8S5. The molecule has 13 atom stereocenters. The normalized spacial score (nSPS) is 18.3. The predicted molar refractivity (Wildman–Crippen MR) is 572 cm³/mol. The molecule has 141 heavy (non-hydrogen) atoms. The van der Waals surface area contributed by atoms with Crippen molar-refractivity contribution in [1.29, 1.82) is 0 Å². The highest BCUT2D eigenvalue weighted by atomic mass is 32.1. The summed E-state index contributed by atoms with van der Waals surface area (Å²) < 4.78 is 1.24. The number of nitrogens with zero attached hydrogens (tertiary/aromatic N) is 8. The van der Waals surface area contributed by atoms with E-state index >= 15 is 0 Å². The summed E-state index contributed by atoms with van der Waals surface area (Å²) in [7, 11) is 3.48. The third-order valence-electron chi connectivity index (χ3n) is 26.9. The lowest BCUT2D eigenvalue weighted by Gasteiger charge is -2.36. The Bertz CT molecular complexity index is 6090. The zero-order chi connectivity index (χ0) is 101. The van der Waals surface area contributed by atoms with Crippen molar-refractivity contribution < 1.29 is 38.4 Å². The van der Waals surface area contributed by atoms with E-state index < -0.39 is 52.5 Å². The number of nitrogens with two attached hydrogens (primary N) is 2. The van der Waals surface area contributed by atoms with Crippen LogP contribution in [0.5, 0.6) is 0 Å². The monoisotopic (exact) mass is 2000 g/mol. The third kappa shape index (κ3) is 26.2. The lowest BCUT2D eigenvalue weighted by atomic mass is 9.85. The van der Waals surface area contributed by atoms with Gasteiger partial charge in [0.05, 0.1) is 82.9 Å². The minimum absolute atomic E-state index is 0.0293. The molecule has 8 amide bonds. The van der Waals surface area contributed by atoms with Gasteiger partial charge in [-0.1, -0.05) is 277 Å². The number of hydrogen-bond donors (Lipinski definition) is 8. The van der Waals surface area contributed by atoms with Gasteiger partial charge in [0.2, 0.25) is 47.3 Å². The molecule has 0 radical (unpaired) electrons. The smallest absolute Gasteiger partial charge is 0.246 e. The summed E-state index contributed by atoms with van der Waals surface area (Å²) in [4.78, 5) is 133. The number of likely N-dealkylation sites (tertiary alicyclic amines) is 4. The second-order valence-electron chi connectivity index (χ2n) is 41.0. The highest BCUT2D eigenvalue weighted by molar-refractivity contribution is 7.18. The number of aromatic nitrogens is 4. The first-order valence-electron chi connectivity index (χ1n) is 49.3. The fourth-order valence-corrected chi connectivity index (χ4v) is 23.6. The number of carbonyl (C=O) groups is 8. The van der Waals surface area contributed by atoms with Gasteiger partial charge in [0.1, 0.15) is 44.2 Å². The van der Waals surface area contributed by atoms with Crippen molar-refractivity contribution in [2.24, 2.45) is 39.5 Å². The maximum atomic E-state index is 13.9. The van der Waals surface area contributed by atoms with Crippen LogP contribution in [0.1, 0.15) is 245 Å². The van der Waals surface area contributed by atoms with E-state index in [9.17, 15) is 38.4 Å². The van der Waals surface area contributed by atoms with Gasteiger partial charge in [-0.05, 0) is 154 Å². The molecule has 9 heterocycles. The van der Waals surface area contributed by atoms with Crippen LogP contribution >= 0.6 is 56.7 Å². The number of fused-ring (bicyclic) bond motifs is 1. The predicted octanol–water partition coefficient (Wildman–Crippen LogP) is 19.7. The molecule has 4 aliphatic heterocycles. The first-order valence-corrected chi connectivity index (χ1v) is 53.7. The van der Waals surface area contributed by atoms with Crippen LogP contribution in [0.25, 0.3) is 43.7 Å². The van der Waals surface area contributed by atoms with Gasteiger partial charge in [0, 0.05) is 74.3 Å². The molecule has 4 fully saturated rings. The first kappa shape index (κ1) is 107. The fraction of sp³-hybridized carbons (Fsp3) is 0.429. The van der Waals surface area contributed by atoms with Gasteiger partial charge in [-0.3, -0.25) is 38.4 Å². The zero-order valence-electron chi connectivity index (χ0n) is 84.5. The van der Waals surface area contributed by atoms with Crippen LogP contribution < -0.4 is 43.4 Å². The Kier molecular flexibility index (Phi) is 36.5. The van der Waals surface area contributed by atoms with E-state index in [-0.39, 0.29) is 107 Å². The number of nitrogens with one attached hydrogen (secondary N) is 6. The number of thiophene rings is 1. The topological polar surface area (TPSA) is 325 Å². The summed E-state index contributed by atoms with van der Waals surface area (Å²) in [6.07, 6.45) is 6.27. The molecule has 5 aromatic heterocycles. The van der Waals surface area contributed by atoms with Crippen LogP contribution in [0, 0.1) is 28.1 Å². The van der Waals surface area contributed by atoms with E-state index in [0.29, 0.717) is 26.2 Å². The van der Waals surface area contributed by atoms with Crippen molar-refractivity contribution in [2.45, 2.75) is 240 Å². The molecule has 29 heteroatoms. The van der Waals surface area contributed by atoms with E-state index in [1.165, 1.54) is 32.3 Å². The Morgan fingerprint density at radius 3 is 1.13 bits per heavy atom. The molecular weight excluding hydrogens is 1860 g/mol. The summed E-state index contributed by atoms with van der Waals surface area (Å²) in [5.41, 5.74) is 23.4. The highest BCUT2D eigenvalue weighted by Crippen LogP contribution is 2.47. The SMILES string of the molecule is CC(C)[C@@H](NC(=O)[C@@H](C)N)C(=O)N1CCC[C@@H]1c1nc(C(c2ccccc2)c2ccccc2)cs1.CN[C@@H](C)C(=O)N[C@H](C(=O)N1CCCC1c1nc(C(c2ccccc2)c2ccccc2)cs1)C(C)(C)C.CN[C@@H](C)C(=O)N[C@H](C(=O)N1CCC[C@H]1c1nc(-c2ccccc2-c2ccccc2)cs1)C(C)(C)C.C[C@H](N)C(=O)N[C@H](C(=O)N1CC[C@H](C)[C@H]1c1nc(-c2csc3ccccc23)cs1)C(C)(C)C. The second-order valence-corrected chi connectivity index (χ2v) is 45.5. The third-order valence-corrected chi connectivity index (χ3v) is 31.7. The number of carbonyl (C=O) groups excluding carboxylic acids is 8. The van der Waals surface area contributed by atoms with E-state index in [0.717, 1.165) is 110 Å². The lowest BCUT2D eigenvalue weighted by molar-refractivity contribution is -0.141. The van der Waals surface area contributed by atoms with Crippen molar-refractivity contribution in [2.75, 3.05) is 40.3 Å². The van der Waals surface area contributed by atoms with Gasteiger partial charge in [-0.2, -0.15) is 0 Å². The van der Waals surface area contributed by atoms with Gasteiger partial charge in [-0.15, -0.1) is 56.7 Å². The fourth-order valence-electron chi connectivity index (χ4n) is 18.6. The number of thiazole rings is 4. The Morgan fingerprint density at radius 1 is 0.362 bits per heavy atom. The molecule has 0 aliphatic carbocycles. The quantitative estimate of drug-likeness (QED) is 0.0226. The van der Waals surface area contributed by atoms with E-state index in [1.807, 2.05) is 150 Å². The van der Waals surface area contributed by atoms with Crippen molar-refractivity contribution in [3.8, 4) is 33.6 Å². The molecule has 12 aromatic rings. The number of amides is 8. The van der Waals surface area contributed by atoms with Gasteiger partial charge in [0.25, 0.3) is 0 Å². The molecule has 24 nitrogen and oxygen atoms in total.